The fraction of sp³-hybridized carbons (Fsp3) is 0.900. The summed E-state index contributed by atoms with van der Waals surface area (Å²) in [7, 11) is 3.71. The van der Waals surface area contributed by atoms with Crippen LogP contribution in [0.5, 0.6) is 0 Å². The van der Waals surface area contributed by atoms with Crippen molar-refractivity contribution < 1.29 is 4.79 Å². The smallest absolute Gasteiger partial charge is 0.226 e. The summed E-state index contributed by atoms with van der Waals surface area (Å²) in [6, 6.07) is 0. The molecule has 0 spiro atoms. The summed E-state index contributed by atoms with van der Waals surface area (Å²) in [6.07, 6.45) is 1.90. The van der Waals surface area contributed by atoms with Gasteiger partial charge in [0.15, 0.2) is 0 Å². The molecule has 0 saturated carbocycles. The molecule has 0 aromatic rings. The topological polar surface area (TPSA) is 58.4 Å². The number of amides is 1. The summed E-state index contributed by atoms with van der Waals surface area (Å²) in [5, 5.41) is 3.02. The molecule has 0 bridgehead atoms. The SMILES string of the molecule is CCCC(CN)C(=O)N(C)CCNC. The largest absolute Gasteiger partial charge is 0.344 e. The number of nitrogens with zero attached hydrogens (tertiary/aromatic N) is 1. The molecule has 1 atom stereocenters. The van der Waals surface area contributed by atoms with Crippen LogP contribution < -0.4 is 11.1 Å². The molecule has 0 aliphatic heterocycles. The van der Waals surface area contributed by atoms with Crippen molar-refractivity contribution in [3.63, 3.8) is 0 Å². The van der Waals surface area contributed by atoms with Crippen molar-refractivity contribution in [1.29, 1.82) is 0 Å². The molecule has 84 valence electrons. The molecule has 4 heteroatoms. The van der Waals surface area contributed by atoms with Gasteiger partial charge in [-0.25, -0.2) is 0 Å². The molecule has 0 heterocycles. The van der Waals surface area contributed by atoms with Crippen LogP contribution in [0.2, 0.25) is 0 Å². The number of hydrogen-bond donors (Lipinski definition) is 2. The highest BCUT2D eigenvalue weighted by atomic mass is 16.2. The lowest BCUT2D eigenvalue weighted by Crippen LogP contribution is -2.39. The van der Waals surface area contributed by atoms with Crippen LogP contribution in [-0.2, 0) is 4.79 Å². The van der Waals surface area contributed by atoms with Gasteiger partial charge in [0, 0.05) is 26.7 Å². The summed E-state index contributed by atoms with van der Waals surface area (Å²) in [5.74, 6) is 0.173. The molecule has 1 amide bonds. The van der Waals surface area contributed by atoms with Crippen molar-refractivity contribution >= 4 is 5.91 Å². The molecular formula is C10H23N3O. The molecule has 0 aromatic heterocycles. The van der Waals surface area contributed by atoms with Gasteiger partial charge in [0.1, 0.15) is 0 Å². The molecule has 0 rings (SSSR count). The van der Waals surface area contributed by atoms with E-state index in [1.807, 2.05) is 14.1 Å². The minimum atomic E-state index is 0.00172. The van der Waals surface area contributed by atoms with Gasteiger partial charge in [-0.1, -0.05) is 13.3 Å². The zero-order valence-electron chi connectivity index (χ0n) is 9.55. The number of nitrogens with two attached hydrogens (primary N) is 1. The van der Waals surface area contributed by atoms with Gasteiger partial charge in [-0.15, -0.1) is 0 Å². The van der Waals surface area contributed by atoms with Crippen LogP contribution in [0, 0.1) is 5.92 Å². The van der Waals surface area contributed by atoms with Gasteiger partial charge >= 0.3 is 0 Å². The number of carbonyl (C=O) groups is 1. The second-order valence-corrected chi connectivity index (χ2v) is 3.58. The summed E-state index contributed by atoms with van der Waals surface area (Å²) >= 11 is 0. The minimum Gasteiger partial charge on any atom is -0.344 e. The van der Waals surface area contributed by atoms with E-state index in [1.54, 1.807) is 4.90 Å². The van der Waals surface area contributed by atoms with Crippen LogP contribution >= 0.6 is 0 Å². The Kier molecular flexibility index (Phi) is 7.42. The van der Waals surface area contributed by atoms with Gasteiger partial charge in [0.25, 0.3) is 0 Å². The average molecular weight is 201 g/mol. The Labute approximate surface area is 86.8 Å². The molecule has 3 N–H and O–H groups in total. The molecule has 0 saturated heterocycles. The van der Waals surface area contributed by atoms with Crippen LogP contribution in [0.3, 0.4) is 0 Å². The second kappa shape index (κ2) is 7.76. The summed E-state index contributed by atoms with van der Waals surface area (Å²) in [4.78, 5) is 13.5. The molecule has 4 nitrogen and oxygen atoms in total. The molecule has 1 unspecified atom stereocenters. The third kappa shape index (κ3) is 4.58. The average Bonchev–Trinajstić information content (AvgIpc) is 2.21. The quantitative estimate of drug-likeness (QED) is 0.611. The first-order chi connectivity index (χ1) is 6.67. The van der Waals surface area contributed by atoms with Gasteiger partial charge in [-0.2, -0.15) is 0 Å². The van der Waals surface area contributed by atoms with E-state index >= 15 is 0 Å². The first-order valence-electron chi connectivity index (χ1n) is 5.27. The Morgan fingerprint density at radius 3 is 2.64 bits per heavy atom. The van der Waals surface area contributed by atoms with Crippen LogP contribution in [0.1, 0.15) is 19.8 Å². The van der Waals surface area contributed by atoms with Crippen LogP contribution in [0.4, 0.5) is 0 Å². The maximum Gasteiger partial charge on any atom is 0.226 e. The van der Waals surface area contributed by atoms with E-state index in [1.165, 1.54) is 0 Å². The number of hydrogen-bond acceptors (Lipinski definition) is 3. The molecule has 0 aromatic carbocycles. The first-order valence-corrected chi connectivity index (χ1v) is 5.27. The van der Waals surface area contributed by atoms with Crippen molar-refractivity contribution in [3.8, 4) is 0 Å². The normalized spacial score (nSPS) is 12.6. The lowest BCUT2D eigenvalue weighted by Gasteiger charge is -2.22. The van der Waals surface area contributed by atoms with Crippen LogP contribution in [0.15, 0.2) is 0 Å². The predicted octanol–water partition coefficient (Wildman–Crippen LogP) is 0.0392. The molecule has 0 aliphatic rings. The number of rotatable bonds is 7. The first kappa shape index (κ1) is 13.4. The van der Waals surface area contributed by atoms with E-state index in [9.17, 15) is 4.79 Å². The van der Waals surface area contributed by atoms with E-state index in [0.717, 1.165) is 25.9 Å². The Bertz CT molecular complexity index is 161. The maximum absolute atomic E-state index is 11.8. The second-order valence-electron chi connectivity index (χ2n) is 3.58. The highest BCUT2D eigenvalue weighted by molar-refractivity contribution is 5.78. The number of carbonyl (C=O) groups excluding carboxylic acids is 1. The highest BCUT2D eigenvalue weighted by Gasteiger charge is 2.18. The van der Waals surface area contributed by atoms with Gasteiger partial charge in [0.2, 0.25) is 5.91 Å². The predicted molar refractivity (Wildman–Crippen MR) is 59.0 cm³/mol. The fourth-order valence-corrected chi connectivity index (χ4v) is 1.39. The minimum absolute atomic E-state index is 0.00172. The molecule has 0 fully saturated rings. The molecule has 0 radical (unpaired) electrons. The molecule has 14 heavy (non-hydrogen) atoms. The Balaban J connectivity index is 3.99. The molecule has 0 aliphatic carbocycles. The Morgan fingerprint density at radius 1 is 1.57 bits per heavy atom. The maximum atomic E-state index is 11.8. The third-order valence-corrected chi connectivity index (χ3v) is 2.34. The lowest BCUT2D eigenvalue weighted by atomic mass is 10.0. The molecular weight excluding hydrogens is 178 g/mol. The van der Waals surface area contributed by atoms with Crippen molar-refractivity contribution in [3.05, 3.63) is 0 Å². The standard InChI is InChI=1S/C10H23N3O/c1-4-5-9(8-11)10(14)13(3)7-6-12-2/h9,12H,4-8,11H2,1-3H3. The van der Waals surface area contributed by atoms with Gasteiger partial charge in [0.05, 0.1) is 5.92 Å². The monoisotopic (exact) mass is 201 g/mol. The Morgan fingerprint density at radius 2 is 2.21 bits per heavy atom. The van der Waals surface area contributed by atoms with Gasteiger partial charge < -0.3 is 16.0 Å². The zero-order valence-corrected chi connectivity index (χ0v) is 9.55. The van der Waals surface area contributed by atoms with Crippen molar-refractivity contribution in [2.75, 3.05) is 33.7 Å². The van der Waals surface area contributed by atoms with E-state index < -0.39 is 0 Å². The fourth-order valence-electron chi connectivity index (χ4n) is 1.39. The van der Waals surface area contributed by atoms with Gasteiger partial charge in [-0.05, 0) is 13.5 Å². The van der Waals surface area contributed by atoms with Crippen LogP contribution in [0.25, 0.3) is 0 Å². The van der Waals surface area contributed by atoms with Crippen LogP contribution in [-0.4, -0.2) is 44.5 Å². The Hall–Kier alpha value is -0.610. The van der Waals surface area contributed by atoms with E-state index in [4.69, 9.17) is 5.73 Å². The highest BCUT2D eigenvalue weighted by Crippen LogP contribution is 2.07. The number of likely N-dealkylation sites (N-methyl/N-ethyl adjacent to an activating group) is 2. The van der Waals surface area contributed by atoms with Crippen molar-refractivity contribution in [1.82, 2.24) is 10.2 Å². The lowest BCUT2D eigenvalue weighted by molar-refractivity contribution is -0.134. The van der Waals surface area contributed by atoms with E-state index in [-0.39, 0.29) is 11.8 Å². The van der Waals surface area contributed by atoms with E-state index in [0.29, 0.717) is 6.54 Å². The van der Waals surface area contributed by atoms with E-state index in [2.05, 4.69) is 12.2 Å². The number of nitrogens with one attached hydrogen (secondary N) is 1. The van der Waals surface area contributed by atoms with Crippen molar-refractivity contribution in [2.45, 2.75) is 19.8 Å². The third-order valence-electron chi connectivity index (χ3n) is 2.34. The van der Waals surface area contributed by atoms with Crippen molar-refractivity contribution in [2.24, 2.45) is 11.7 Å². The summed E-state index contributed by atoms with van der Waals surface area (Å²) < 4.78 is 0. The summed E-state index contributed by atoms with van der Waals surface area (Å²) in [5.41, 5.74) is 5.56. The van der Waals surface area contributed by atoms with Gasteiger partial charge in [-0.3, -0.25) is 4.79 Å². The summed E-state index contributed by atoms with van der Waals surface area (Å²) in [6.45, 7) is 4.10. The zero-order chi connectivity index (χ0) is 11.0.